The van der Waals surface area contributed by atoms with Crippen LogP contribution in [-0.4, -0.2) is 35.4 Å². The number of thiophene rings is 1. The smallest absolute Gasteiger partial charge is 0.477 e. The summed E-state index contributed by atoms with van der Waals surface area (Å²) in [7, 11) is 0. The van der Waals surface area contributed by atoms with Crippen molar-refractivity contribution in [2.24, 2.45) is 0 Å². The van der Waals surface area contributed by atoms with Crippen molar-refractivity contribution >= 4 is 28.8 Å². The third-order valence-corrected chi connectivity index (χ3v) is 5.16. The average Bonchev–Trinajstić information content (AvgIpc) is 3.20. The van der Waals surface area contributed by atoms with E-state index in [-0.39, 0.29) is 0 Å². The van der Waals surface area contributed by atoms with E-state index < -0.39 is 69.2 Å². The summed E-state index contributed by atoms with van der Waals surface area (Å²) in [6, 6.07) is 6.70. The van der Waals surface area contributed by atoms with Crippen molar-refractivity contribution in [2.75, 3.05) is 0 Å². The first kappa shape index (κ1) is 23.5. The molecule has 1 aromatic heterocycles. The number of ether oxygens (including phenoxy) is 1. The standard InChI is InChI=1S/C19H10F7NO4S/c20-11-10(8-4-2-1-3-5-8)14(22)18(23,31-19(24,25)26)15(12(11)21)27-16(28)9-6-7-32-13(9)17(29)30/h1-7,14H,(H,27,28)(H,29,30). The molecule has 1 aromatic carbocycles. The van der Waals surface area contributed by atoms with Gasteiger partial charge in [-0.05, 0) is 17.0 Å². The molecule has 1 heterocycles. The molecule has 1 aliphatic rings. The monoisotopic (exact) mass is 481 g/mol. The van der Waals surface area contributed by atoms with Crippen LogP contribution in [0.2, 0.25) is 0 Å². The lowest BCUT2D eigenvalue weighted by Crippen LogP contribution is -2.52. The fraction of sp³-hybridized carbons (Fsp3) is 0.158. The van der Waals surface area contributed by atoms with E-state index in [9.17, 15) is 31.5 Å². The van der Waals surface area contributed by atoms with Crippen molar-refractivity contribution < 1.29 is 50.2 Å². The number of aromatic carboxylic acids is 1. The first-order valence-corrected chi connectivity index (χ1v) is 9.32. The normalized spacial score (nSPS) is 21.7. The van der Waals surface area contributed by atoms with Gasteiger partial charge >= 0.3 is 12.3 Å². The molecule has 0 spiro atoms. The Bertz CT molecular complexity index is 1130. The van der Waals surface area contributed by atoms with Gasteiger partial charge < -0.3 is 10.4 Å². The fourth-order valence-corrected chi connectivity index (χ4v) is 3.67. The lowest BCUT2D eigenvalue weighted by Gasteiger charge is -2.35. The molecular weight excluding hydrogens is 471 g/mol. The SMILES string of the molecule is O=C(NC1=C(F)C(F)=C(c2ccccc2)C(F)C1(F)OC(F)(F)F)c1ccsc1C(=O)O. The molecule has 0 aliphatic heterocycles. The third kappa shape index (κ3) is 4.25. The van der Waals surface area contributed by atoms with Gasteiger partial charge in [-0.15, -0.1) is 24.5 Å². The number of alkyl halides is 5. The van der Waals surface area contributed by atoms with E-state index in [1.165, 1.54) is 23.5 Å². The molecule has 32 heavy (non-hydrogen) atoms. The first-order valence-electron chi connectivity index (χ1n) is 8.44. The molecule has 2 aromatic rings. The number of allylic oxidation sites excluding steroid dienone is 2. The van der Waals surface area contributed by atoms with Gasteiger partial charge in [0.05, 0.1) is 5.56 Å². The molecular formula is C19H10F7NO4S. The fourth-order valence-electron chi connectivity index (χ4n) is 2.94. The van der Waals surface area contributed by atoms with Crippen LogP contribution in [0.1, 0.15) is 25.6 Å². The van der Waals surface area contributed by atoms with Gasteiger partial charge in [0.2, 0.25) is 0 Å². The number of halogens is 7. The Morgan fingerprint density at radius 3 is 2.28 bits per heavy atom. The van der Waals surface area contributed by atoms with Crippen LogP contribution in [0, 0.1) is 0 Å². The Balaban J connectivity index is 2.16. The molecule has 2 atom stereocenters. The van der Waals surface area contributed by atoms with Gasteiger partial charge in [0.15, 0.2) is 17.8 Å². The number of hydrogen-bond donors (Lipinski definition) is 2. The number of carbonyl (C=O) groups excluding carboxylic acids is 1. The van der Waals surface area contributed by atoms with Crippen LogP contribution in [0.3, 0.4) is 0 Å². The van der Waals surface area contributed by atoms with Gasteiger partial charge in [-0.1, -0.05) is 30.3 Å². The number of carboxylic acids is 1. The summed E-state index contributed by atoms with van der Waals surface area (Å²) in [5.74, 6) is -12.4. The van der Waals surface area contributed by atoms with Gasteiger partial charge in [-0.3, -0.25) is 4.79 Å². The number of hydrogen-bond acceptors (Lipinski definition) is 4. The van der Waals surface area contributed by atoms with Crippen molar-refractivity contribution in [3.05, 3.63) is 75.1 Å². The highest BCUT2D eigenvalue weighted by Crippen LogP contribution is 2.48. The summed E-state index contributed by atoms with van der Waals surface area (Å²) in [5, 5.41) is 11.4. The summed E-state index contributed by atoms with van der Waals surface area (Å²) in [6.07, 6.45) is -9.44. The lowest BCUT2D eigenvalue weighted by molar-refractivity contribution is -0.390. The number of amides is 1. The molecule has 0 fully saturated rings. The van der Waals surface area contributed by atoms with E-state index in [1.807, 2.05) is 0 Å². The summed E-state index contributed by atoms with van der Waals surface area (Å²) < 4.78 is 102. The summed E-state index contributed by atoms with van der Waals surface area (Å²) in [6.45, 7) is 0. The zero-order valence-corrected chi connectivity index (χ0v) is 16.2. The maximum atomic E-state index is 15.4. The third-order valence-electron chi connectivity index (χ3n) is 4.26. The molecule has 1 aliphatic carbocycles. The molecule has 0 saturated heterocycles. The summed E-state index contributed by atoms with van der Waals surface area (Å²) in [4.78, 5) is 22.8. The van der Waals surface area contributed by atoms with Gasteiger partial charge in [0.25, 0.3) is 11.8 Å². The second-order valence-corrected chi connectivity index (χ2v) is 7.18. The van der Waals surface area contributed by atoms with Crippen LogP contribution < -0.4 is 5.32 Å². The lowest BCUT2D eigenvalue weighted by atomic mass is 9.88. The van der Waals surface area contributed by atoms with Crippen LogP contribution in [0.5, 0.6) is 0 Å². The van der Waals surface area contributed by atoms with Crippen LogP contribution in [0.15, 0.2) is 59.1 Å². The van der Waals surface area contributed by atoms with Crippen molar-refractivity contribution in [1.82, 2.24) is 5.32 Å². The van der Waals surface area contributed by atoms with Crippen molar-refractivity contribution in [1.29, 1.82) is 0 Å². The van der Waals surface area contributed by atoms with E-state index in [1.54, 1.807) is 0 Å². The molecule has 2 N–H and O–H groups in total. The predicted molar refractivity (Wildman–Crippen MR) is 97.2 cm³/mol. The van der Waals surface area contributed by atoms with Gasteiger partial charge in [-0.2, -0.15) is 0 Å². The van der Waals surface area contributed by atoms with E-state index in [0.29, 0.717) is 11.3 Å². The summed E-state index contributed by atoms with van der Waals surface area (Å²) >= 11 is 0.525. The average molecular weight is 481 g/mol. The van der Waals surface area contributed by atoms with E-state index >= 15 is 8.78 Å². The number of carboxylic acid groups (broad SMARTS) is 1. The summed E-state index contributed by atoms with van der Waals surface area (Å²) in [5.41, 5.74) is -4.72. The Kier molecular flexibility index (Phi) is 6.15. The minimum absolute atomic E-state index is 0.475. The van der Waals surface area contributed by atoms with Crippen LogP contribution >= 0.6 is 11.3 Å². The van der Waals surface area contributed by atoms with E-state index in [4.69, 9.17) is 5.11 Å². The minimum atomic E-state index is -5.88. The Labute approximate surface area is 178 Å². The molecule has 0 radical (unpaired) electrons. The Morgan fingerprint density at radius 1 is 1.09 bits per heavy atom. The Morgan fingerprint density at radius 2 is 1.72 bits per heavy atom. The maximum absolute atomic E-state index is 15.4. The predicted octanol–water partition coefficient (Wildman–Crippen LogP) is 5.29. The van der Waals surface area contributed by atoms with E-state index in [0.717, 1.165) is 23.6 Å². The molecule has 0 bridgehead atoms. The molecule has 1 amide bonds. The quantitative estimate of drug-likeness (QED) is 0.569. The highest BCUT2D eigenvalue weighted by atomic mass is 32.1. The molecule has 2 unspecified atom stereocenters. The maximum Gasteiger partial charge on any atom is 0.525 e. The van der Waals surface area contributed by atoms with Gasteiger partial charge in [0.1, 0.15) is 10.6 Å². The number of benzene rings is 1. The molecule has 5 nitrogen and oxygen atoms in total. The molecule has 170 valence electrons. The van der Waals surface area contributed by atoms with Crippen LogP contribution in [0.25, 0.3) is 5.57 Å². The number of rotatable bonds is 5. The highest BCUT2D eigenvalue weighted by molar-refractivity contribution is 7.12. The van der Waals surface area contributed by atoms with Crippen LogP contribution in [0.4, 0.5) is 30.7 Å². The van der Waals surface area contributed by atoms with Crippen molar-refractivity contribution in [3.8, 4) is 0 Å². The molecule has 0 saturated carbocycles. The first-order chi connectivity index (χ1) is 14.9. The topological polar surface area (TPSA) is 75.6 Å². The Hall–Kier alpha value is -3.19. The zero-order valence-electron chi connectivity index (χ0n) is 15.3. The van der Waals surface area contributed by atoms with E-state index in [2.05, 4.69) is 4.74 Å². The van der Waals surface area contributed by atoms with Gasteiger partial charge in [0, 0.05) is 5.57 Å². The highest BCUT2D eigenvalue weighted by Gasteiger charge is 2.59. The van der Waals surface area contributed by atoms with Crippen LogP contribution in [-0.2, 0) is 4.74 Å². The second kappa shape index (κ2) is 8.39. The molecule has 3 rings (SSSR count). The van der Waals surface area contributed by atoms with Crippen molar-refractivity contribution in [2.45, 2.75) is 18.4 Å². The second-order valence-electron chi connectivity index (χ2n) is 6.26. The number of nitrogens with one attached hydrogen (secondary N) is 1. The number of carbonyl (C=O) groups is 2. The zero-order chi connectivity index (χ0) is 23.8. The largest absolute Gasteiger partial charge is 0.525 e. The van der Waals surface area contributed by atoms with Gasteiger partial charge in [-0.25, -0.2) is 27.1 Å². The minimum Gasteiger partial charge on any atom is -0.477 e. The molecule has 13 heteroatoms. The van der Waals surface area contributed by atoms with Crippen molar-refractivity contribution in [3.63, 3.8) is 0 Å².